The minimum atomic E-state index is -0.127. The Kier molecular flexibility index (Phi) is 3.60. The summed E-state index contributed by atoms with van der Waals surface area (Å²) >= 11 is 5.80. The Morgan fingerprint density at radius 1 is 1.00 bits per heavy atom. The number of ketones is 1. The molecule has 86 valence electrons. The van der Waals surface area contributed by atoms with Gasteiger partial charge in [-0.3, -0.25) is 4.79 Å². The molecular weight excluding hydrogens is 232 g/mol. The fourth-order valence-electron chi connectivity index (χ4n) is 1.76. The summed E-state index contributed by atoms with van der Waals surface area (Å²) in [5.41, 5.74) is 1.73. The molecule has 1 atom stereocenters. The van der Waals surface area contributed by atoms with Crippen molar-refractivity contribution in [3.05, 3.63) is 70.7 Å². The average Bonchev–Trinajstić information content (AvgIpc) is 2.39. The molecule has 2 rings (SSSR count). The zero-order valence-corrected chi connectivity index (χ0v) is 10.3. The lowest BCUT2D eigenvalue weighted by Crippen LogP contribution is -2.09. The number of rotatable bonds is 3. The highest BCUT2D eigenvalue weighted by molar-refractivity contribution is 6.30. The Labute approximate surface area is 106 Å². The van der Waals surface area contributed by atoms with Gasteiger partial charge in [0.05, 0.1) is 0 Å². The first-order valence-corrected chi connectivity index (χ1v) is 5.91. The number of carbonyl (C=O) groups is 1. The predicted octanol–water partition coefficient (Wildman–Crippen LogP) is 4.33. The van der Waals surface area contributed by atoms with Crippen LogP contribution in [0.5, 0.6) is 0 Å². The van der Waals surface area contributed by atoms with Crippen molar-refractivity contribution in [3.8, 4) is 0 Å². The maximum atomic E-state index is 12.2. The highest BCUT2D eigenvalue weighted by Gasteiger charge is 2.16. The molecule has 0 aliphatic heterocycles. The molecule has 0 aromatic heterocycles. The maximum Gasteiger partial charge on any atom is 0.170 e. The molecule has 0 aliphatic carbocycles. The van der Waals surface area contributed by atoms with Crippen LogP contribution in [-0.4, -0.2) is 5.78 Å². The first-order chi connectivity index (χ1) is 8.18. The molecule has 0 saturated carbocycles. The second-order valence-corrected chi connectivity index (χ2v) is 4.44. The lowest BCUT2D eigenvalue weighted by molar-refractivity contribution is 0.0966. The maximum absolute atomic E-state index is 12.2. The van der Waals surface area contributed by atoms with Crippen LogP contribution in [0.1, 0.15) is 28.8 Å². The quantitative estimate of drug-likeness (QED) is 0.735. The Morgan fingerprint density at radius 3 is 2.18 bits per heavy atom. The van der Waals surface area contributed by atoms with E-state index in [1.807, 2.05) is 37.3 Å². The van der Waals surface area contributed by atoms with Gasteiger partial charge in [-0.15, -0.1) is 0 Å². The van der Waals surface area contributed by atoms with Gasteiger partial charge in [-0.25, -0.2) is 0 Å². The van der Waals surface area contributed by atoms with Crippen LogP contribution < -0.4 is 0 Å². The summed E-state index contributed by atoms with van der Waals surface area (Å²) in [5.74, 6) is -0.00904. The van der Waals surface area contributed by atoms with Gasteiger partial charge >= 0.3 is 0 Å². The molecule has 2 heteroatoms. The molecule has 17 heavy (non-hydrogen) atoms. The first-order valence-electron chi connectivity index (χ1n) is 5.53. The van der Waals surface area contributed by atoms with Crippen LogP contribution in [0.4, 0.5) is 0 Å². The van der Waals surface area contributed by atoms with Crippen molar-refractivity contribution in [2.24, 2.45) is 0 Å². The minimum absolute atomic E-state index is 0.118. The Bertz CT molecular complexity index is 502. The fraction of sp³-hybridized carbons (Fsp3) is 0.133. The van der Waals surface area contributed by atoms with Crippen molar-refractivity contribution in [1.29, 1.82) is 0 Å². The predicted molar refractivity (Wildman–Crippen MR) is 70.6 cm³/mol. The number of hydrogen-bond acceptors (Lipinski definition) is 1. The second kappa shape index (κ2) is 5.15. The normalized spacial score (nSPS) is 12.1. The summed E-state index contributed by atoms with van der Waals surface area (Å²) in [6.07, 6.45) is 0. The smallest absolute Gasteiger partial charge is 0.170 e. The van der Waals surface area contributed by atoms with Crippen LogP contribution in [0.25, 0.3) is 0 Å². The van der Waals surface area contributed by atoms with Gasteiger partial charge in [0, 0.05) is 16.5 Å². The van der Waals surface area contributed by atoms with Gasteiger partial charge < -0.3 is 0 Å². The van der Waals surface area contributed by atoms with Crippen LogP contribution in [-0.2, 0) is 0 Å². The van der Waals surface area contributed by atoms with Crippen molar-refractivity contribution in [1.82, 2.24) is 0 Å². The van der Waals surface area contributed by atoms with E-state index in [1.54, 1.807) is 24.3 Å². The zero-order chi connectivity index (χ0) is 12.3. The lowest BCUT2D eigenvalue weighted by Gasteiger charge is -2.10. The molecule has 0 unspecified atom stereocenters. The third-order valence-corrected chi connectivity index (χ3v) is 3.07. The van der Waals surface area contributed by atoms with Crippen LogP contribution in [0.3, 0.4) is 0 Å². The SMILES string of the molecule is C[C@H](C(=O)c1ccc(Cl)cc1)c1ccccc1. The molecule has 0 radical (unpaired) electrons. The summed E-state index contributed by atoms with van der Waals surface area (Å²) in [5, 5.41) is 0.647. The highest BCUT2D eigenvalue weighted by atomic mass is 35.5. The number of hydrogen-bond donors (Lipinski definition) is 0. The van der Waals surface area contributed by atoms with Crippen molar-refractivity contribution in [2.45, 2.75) is 12.8 Å². The van der Waals surface area contributed by atoms with E-state index in [2.05, 4.69) is 0 Å². The van der Waals surface area contributed by atoms with E-state index >= 15 is 0 Å². The molecule has 1 nitrogen and oxygen atoms in total. The van der Waals surface area contributed by atoms with Crippen molar-refractivity contribution in [3.63, 3.8) is 0 Å². The Balaban J connectivity index is 2.23. The number of carbonyl (C=O) groups excluding carboxylic acids is 1. The molecule has 0 bridgehead atoms. The average molecular weight is 245 g/mol. The summed E-state index contributed by atoms with van der Waals surface area (Å²) in [6.45, 7) is 1.92. The van der Waals surface area contributed by atoms with Crippen LogP contribution >= 0.6 is 11.6 Å². The number of benzene rings is 2. The summed E-state index contributed by atoms with van der Waals surface area (Å²) in [4.78, 5) is 12.2. The van der Waals surface area contributed by atoms with E-state index in [9.17, 15) is 4.79 Å². The molecule has 0 heterocycles. The monoisotopic (exact) mass is 244 g/mol. The standard InChI is InChI=1S/C15H13ClO/c1-11(12-5-3-2-4-6-12)15(17)13-7-9-14(16)10-8-13/h2-11H,1H3/t11-/m0/s1. The first kappa shape index (κ1) is 11.9. The Morgan fingerprint density at radius 2 is 1.59 bits per heavy atom. The molecule has 0 fully saturated rings. The second-order valence-electron chi connectivity index (χ2n) is 4.00. The van der Waals surface area contributed by atoms with Gasteiger partial charge in [0.25, 0.3) is 0 Å². The molecule has 0 amide bonds. The van der Waals surface area contributed by atoms with E-state index in [4.69, 9.17) is 11.6 Å². The van der Waals surface area contributed by atoms with Gasteiger partial charge in [-0.1, -0.05) is 48.9 Å². The van der Waals surface area contributed by atoms with E-state index in [1.165, 1.54) is 0 Å². The topological polar surface area (TPSA) is 17.1 Å². The van der Waals surface area contributed by atoms with Gasteiger partial charge in [-0.05, 0) is 29.8 Å². The van der Waals surface area contributed by atoms with Crippen molar-refractivity contribution in [2.75, 3.05) is 0 Å². The third-order valence-electron chi connectivity index (χ3n) is 2.82. The van der Waals surface area contributed by atoms with Crippen LogP contribution in [0, 0.1) is 0 Å². The summed E-state index contributed by atoms with van der Waals surface area (Å²) in [6, 6.07) is 16.8. The largest absolute Gasteiger partial charge is 0.294 e. The highest BCUT2D eigenvalue weighted by Crippen LogP contribution is 2.21. The van der Waals surface area contributed by atoms with Crippen LogP contribution in [0.2, 0.25) is 5.02 Å². The minimum Gasteiger partial charge on any atom is -0.294 e. The summed E-state index contributed by atoms with van der Waals surface area (Å²) in [7, 11) is 0. The molecule has 0 saturated heterocycles. The molecule has 0 N–H and O–H groups in total. The van der Waals surface area contributed by atoms with Gasteiger partial charge in [0.2, 0.25) is 0 Å². The van der Waals surface area contributed by atoms with E-state index in [0.29, 0.717) is 10.6 Å². The third kappa shape index (κ3) is 2.75. The van der Waals surface area contributed by atoms with Gasteiger partial charge in [0.15, 0.2) is 5.78 Å². The van der Waals surface area contributed by atoms with Crippen molar-refractivity contribution >= 4 is 17.4 Å². The zero-order valence-electron chi connectivity index (χ0n) is 9.56. The molecular formula is C15H13ClO. The number of halogens is 1. The number of Topliss-reactive ketones (excluding diaryl/α,β-unsaturated/α-hetero) is 1. The van der Waals surface area contributed by atoms with Crippen LogP contribution in [0.15, 0.2) is 54.6 Å². The van der Waals surface area contributed by atoms with E-state index in [-0.39, 0.29) is 11.7 Å². The summed E-state index contributed by atoms with van der Waals surface area (Å²) < 4.78 is 0. The fourth-order valence-corrected chi connectivity index (χ4v) is 1.88. The molecule has 0 spiro atoms. The van der Waals surface area contributed by atoms with E-state index < -0.39 is 0 Å². The van der Waals surface area contributed by atoms with E-state index in [0.717, 1.165) is 5.56 Å². The lowest BCUT2D eigenvalue weighted by atomic mass is 9.92. The van der Waals surface area contributed by atoms with Gasteiger partial charge in [0.1, 0.15) is 0 Å². The van der Waals surface area contributed by atoms with Gasteiger partial charge in [-0.2, -0.15) is 0 Å². The van der Waals surface area contributed by atoms with Crippen molar-refractivity contribution < 1.29 is 4.79 Å². The Hall–Kier alpha value is -1.60. The molecule has 0 aliphatic rings. The molecule has 2 aromatic carbocycles. The molecule has 2 aromatic rings.